The largest absolute Gasteiger partial charge is 0.460 e. The summed E-state index contributed by atoms with van der Waals surface area (Å²) in [6.45, 7) is 4.54. The first-order valence-corrected chi connectivity index (χ1v) is 9.34. The molecular formula is C19H24N2O4S. The van der Waals surface area contributed by atoms with Gasteiger partial charge in [-0.3, -0.25) is 4.79 Å². The summed E-state index contributed by atoms with van der Waals surface area (Å²) in [5.74, 6) is 0.0858. The lowest BCUT2D eigenvalue weighted by molar-refractivity contribution is 0.0387. The Morgan fingerprint density at radius 2 is 1.88 bits per heavy atom. The number of rotatable bonds is 9. The van der Waals surface area contributed by atoms with Gasteiger partial charge in [-0.1, -0.05) is 18.2 Å². The summed E-state index contributed by atoms with van der Waals surface area (Å²) < 4.78 is 10.0. The fraction of sp³-hybridized carbons (Fsp3) is 0.368. The molecule has 0 bridgehead atoms. The Morgan fingerprint density at radius 3 is 2.58 bits per heavy atom. The summed E-state index contributed by atoms with van der Waals surface area (Å²) >= 11 is 1.68. The van der Waals surface area contributed by atoms with Gasteiger partial charge in [-0.2, -0.15) is 0 Å². The fourth-order valence-electron chi connectivity index (χ4n) is 2.51. The maximum Gasteiger partial charge on any atom is 0.340 e. The van der Waals surface area contributed by atoms with Crippen molar-refractivity contribution in [3.63, 3.8) is 0 Å². The number of aromatic amines is 1. The van der Waals surface area contributed by atoms with E-state index in [0.29, 0.717) is 35.7 Å². The minimum Gasteiger partial charge on any atom is -0.460 e. The standard InChI is InChI=1S/C19H24N2O4S/c1-13-16(19(23)25-11-10-24-3)14(2)21-17(13)18(22)20-9-12-26-15-7-5-4-6-8-15/h4-8,21H,9-12H2,1-3H3,(H,20,22). The highest BCUT2D eigenvalue weighted by Crippen LogP contribution is 2.19. The van der Waals surface area contributed by atoms with E-state index in [0.717, 1.165) is 10.6 Å². The molecule has 2 rings (SSSR count). The van der Waals surface area contributed by atoms with Crippen molar-refractivity contribution in [3.8, 4) is 0 Å². The van der Waals surface area contributed by atoms with E-state index in [-0.39, 0.29) is 12.5 Å². The number of methoxy groups -OCH3 is 1. The van der Waals surface area contributed by atoms with E-state index in [1.165, 1.54) is 0 Å². The summed E-state index contributed by atoms with van der Waals surface area (Å²) in [5, 5.41) is 2.88. The molecule has 1 heterocycles. The van der Waals surface area contributed by atoms with E-state index in [2.05, 4.69) is 10.3 Å². The molecule has 0 spiro atoms. The molecule has 0 radical (unpaired) electrons. The van der Waals surface area contributed by atoms with Crippen molar-refractivity contribution < 1.29 is 19.1 Å². The molecule has 26 heavy (non-hydrogen) atoms. The second kappa shape index (κ2) is 10.0. The lowest BCUT2D eigenvalue weighted by Gasteiger charge is -2.06. The van der Waals surface area contributed by atoms with Gasteiger partial charge in [-0.25, -0.2) is 4.79 Å². The highest BCUT2D eigenvalue weighted by Gasteiger charge is 2.22. The zero-order valence-corrected chi connectivity index (χ0v) is 16.1. The van der Waals surface area contributed by atoms with Crippen molar-refractivity contribution in [2.45, 2.75) is 18.7 Å². The van der Waals surface area contributed by atoms with Crippen LogP contribution in [0.25, 0.3) is 0 Å². The minimum atomic E-state index is -0.452. The number of aromatic nitrogens is 1. The predicted molar refractivity (Wildman–Crippen MR) is 102 cm³/mol. The number of carbonyl (C=O) groups is 2. The first kappa shape index (κ1) is 20.1. The van der Waals surface area contributed by atoms with Crippen LogP contribution in [0.1, 0.15) is 32.1 Å². The summed E-state index contributed by atoms with van der Waals surface area (Å²) in [4.78, 5) is 28.7. The quantitative estimate of drug-likeness (QED) is 0.400. The number of ether oxygens (including phenoxy) is 2. The molecule has 2 N–H and O–H groups in total. The van der Waals surface area contributed by atoms with E-state index in [1.807, 2.05) is 30.3 Å². The molecule has 0 saturated carbocycles. The van der Waals surface area contributed by atoms with Crippen molar-refractivity contribution in [2.24, 2.45) is 0 Å². The Labute approximate surface area is 157 Å². The molecule has 0 aliphatic heterocycles. The topological polar surface area (TPSA) is 80.4 Å². The van der Waals surface area contributed by atoms with Gasteiger partial charge in [-0.05, 0) is 31.5 Å². The predicted octanol–water partition coefficient (Wildman–Crippen LogP) is 2.96. The SMILES string of the molecule is COCCOC(=O)c1c(C)[nH]c(C(=O)NCCSc2ccccc2)c1C. The number of esters is 1. The molecule has 7 heteroatoms. The molecule has 1 amide bonds. The average Bonchev–Trinajstić information content (AvgIpc) is 2.94. The van der Waals surface area contributed by atoms with E-state index in [4.69, 9.17) is 9.47 Å². The van der Waals surface area contributed by atoms with Gasteiger partial charge in [-0.15, -0.1) is 11.8 Å². The molecule has 0 aliphatic rings. The van der Waals surface area contributed by atoms with Crippen LogP contribution >= 0.6 is 11.8 Å². The Balaban J connectivity index is 1.90. The highest BCUT2D eigenvalue weighted by atomic mass is 32.2. The number of nitrogens with one attached hydrogen (secondary N) is 2. The van der Waals surface area contributed by atoms with Crippen LogP contribution in [-0.2, 0) is 9.47 Å². The van der Waals surface area contributed by atoms with E-state index < -0.39 is 5.97 Å². The van der Waals surface area contributed by atoms with E-state index in [9.17, 15) is 9.59 Å². The van der Waals surface area contributed by atoms with Gasteiger partial charge >= 0.3 is 5.97 Å². The van der Waals surface area contributed by atoms with Crippen molar-refractivity contribution >= 4 is 23.6 Å². The maximum atomic E-state index is 12.4. The molecule has 1 aromatic heterocycles. The zero-order valence-electron chi connectivity index (χ0n) is 15.3. The van der Waals surface area contributed by atoms with Gasteiger partial charge in [0, 0.05) is 30.0 Å². The number of hydrogen-bond acceptors (Lipinski definition) is 5. The van der Waals surface area contributed by atoms with E-state index >= 15 is 0 Å². The van der Waals surface area contributed by atoms with Crippen molar-refractivity contribution in [1.29, 1.82) is 0 Å². The minimum absolute atomic E-state index is 0.178. The molecule has 0 saturated heterocycles. The van der Waals surface area contributed by atoms with Crippen LogP contribution in [0, 0.1) is 13.8 Å². The third-order valence-corrected chi connectivity index (χ3v) is 4.80. The third-order valence-electron chi connectivity index (χ3n) is 3.79. The van der Waals surface area contributed by atoms with Crippen LogP contribution < -0.4 is 5.32 Å². The van der Waals surface area contributed by atoms with Gasteiger partial charge in [0.05, 0.1) is 12.2 Å². The normalized spacial score (nSPS) is 10.6. The Kier molecular flexibility index (Phi) is 7.74. The van der Waals surface area contributed by atoms with Gasteiger partial charge in [0.15, 0.2) is 0 Å². The summed E-state index contributed by atoms with van der Waals surface area (Å²) in [7, 11) is 1.54. The molecule has 6 nitrogen and oxygen atoms in total. The molecular weight excluding hydrogens is 352 g/mol. The second-order valence-corrected chi connectivity index (χ2v) is 6.84. The Bertz CT molecular complexity index is 743. The second-order valence-electron chi connectivity index (χ2n) is 5.67. The summed E-state index contributed by atoms with van der Waals surface area (Å²) in [5.41, 5.74) is 2.02. The van der Waals surface area contributed by atoms with Crippen LogP contribution in [0.5, 0.6) is 0 Å². The highest BCUT2D eigenvalue weighted by molar-refractivity contribution is 7.99. The number of benzene rings is 1. The summed E-state index contributed by atoms with van der Waals surface area (Å²) in [6.07, 6.45) is 0. The lowest BCUT2D eigenvalue weighted by atomic mass is 10.1. The van der Waals surface area contributed by atoms with Crippen LogP contribution in [0.2, 0.25) is 0 Å². The maximum absolute atomic E-state index is 12.4. The average molecular weight is 376 g/mol. The third kappa shape index (κ3) is 5.37. The number of hydrogen-bond donors (Lipinski definition) is 2. The van der Waals surface area contributed by atoms with Gasteiger partial charge < -0.3 is 19.8 Å². The molecule has 0 unspecified atom stereocenters. The number of thioether (sulfide) groups is 1. The van der Waals surface area contributed by atoms with Crippen LogP contribution in [0.4, 0.5) is 0 Å². The molecule has 0 fully saturated rings. The molecule has 2 aromatic rings. The van der Waals surface area contributed by atoms with E-state index in [1.54, 1.807) is 32.7 Å². The zero-order chi connectivity index (χ0) is 18.9. The molecule has 140 valence electrons. The van der Waals surface area contributed by atoms with Crippen molar-refractivity contribution in [2.75, 3.05) is 32.6 Å². The monoisotopic (exact) mass is 376 g/mol. The smallest absolute Gasteiger partial charge is 0.340 e. The number of amides is 1. The summed E-state index contributed by atoms with van der Waals surface area (Å²) in [6, 6.07) is 10.0. The van der Waals surface area contributed by atoms with Crippen LogP contribution in [0.3, 0.4) is 0 Å². The molecule has 1 aromatic carbocycles. The first-order chi connectivity index (χ1) is 12.5. The van der Waals surface area contributed by atoms with Crippen molar-refractivity contribution in [1.82, 2.24) is 10.3 Å². The lowest BCUT2D eigenvalue weighted by Crippen LogP contribution is -2.26. The number of carbonyl (C=O) groups excluding carboxylic acids is 2. The first-order valence-electron chi connectivity index (χ1n) is 8.36. The van der Waals surface area contributed by atoms with Gasteiger partial charge in [0.1, 0.15) is 12.3 Å². The number of aryl methyl sites for hydroxylation is 1. The van der Waals surface area contributed by atoms with Gasteiger partial charge in [0.2, 0.25) is 0 Å². The van der Waals surface area contributed by atoms with Crippen molar-refractivity contribution in [3.05, 3.63) is 52.8 Å². The van der Waals surface area contributed by atoms with Gasteiger partial charge in [0.25, 0.3) is 5.91 Å². The molecule has 0 aliphatic carbocycles. The Hall–Kier alpha value is -2.25. The number of H-pyrrole nitrogens is 1. The Morgan fingerprint density at radius 1 is 1.15 bits per heavy atom. The fourth-order valence-corrected chi connectivity index (χ4v) is 3.30. The van der Waals surface area contributed by atoms with Crippen LogP contribution in [0.15, 0.2) is 35.2 Å². The van der Waals surface area contributed by atoms with Crippen LogP contribution in [-0.4, -0.2) is 49.5 Å². The molecule has 0 atom stereocenters.